The van der Waals surface area contributed by atoms with Crippen molar-refractivity contribution in [1.82, 2.24) is 19.7 Å². The number of para-hydroxylation sites is 1. The molecule has 0 spiro atoms. The zero-order valence-electron chi connectivity index (χ0n) is 21.9. The summed E-state index contributed by atoms with van der Waals surface area (Å²) in [6.07, 6.45) is -3.56. The quantitative estimate of drug-likeness (QED) is 0.214. The van der Waals surface area contributed by atoms with E-state index in [0.29, 0.717) is 17.1 Å². The third-order valence-corrected chi connectivity index (χ3v) is 6.27. The van der Waals surface area contributed by atoms with Crippen LogP contribution in [0.3, 0.4) is 0 Å². The number of aryl methyl sites for hydroxylation is 2. The van der Waals surface area contributed by atoms with Gasteiger partial charge in [0.25, 0.3) is 0 Å². The van der Waals surface area contributed by atoms with Gasteiger partial charge in [-0.25, -0.2) is 0 Å². The topological polar surface area (TPSA) is 43.6 Å². The fraction of sp³-hybridized carbons (Fsp3) is 0.345. The first-order valence-electron chi connectivity index (χ1n) is 11.7. The molecule has 3 heterocycles. The molecule has 196 valence electrons. The molecule has 1 aromatic carbocycles. The molecule has 0 aliphatic heterocycles. The first-order valence-corrected chi connectivity index (χ1v) is 11.7. The van der Waals surface area contributed by atoms with Crippen molar-refractivity contribution in [2.75, 3.05) is 0 Å². The normalized spacial score (nSPS) is 12.4. The van der Waals surface area contributed by atoms with Crippen molar-refractivity contribution in [3.63, 3.8) is 0 Å². The molecule has 0 aliphatic carbocycles. The summed E-state index contributed by atoms with van der Waals surface area (Å²) < 4.78 is 43.9. The van der Waals surface area contributed by atoms with Crippen molar-refractivity contribution in [2.24, 2.45) is 0 Å². The summed E-state index contributed by atoms with van der Waals surface area (Å²) in [5.74, 6) is 0. The Hall–Kier alpha value is -2.79. The summed E-state index contributed by atoms with van der Waals surface area (Å²) in [5, 5.41) is 4.42. The zero-order valence-corrected chi connectivity index (χ0v) is 24.1. The fourth-order valence-electron chi connectivity index (χ4n) is 4.12. The smallest absolute Gasteiger partial charge is 0.354 e. The molecule has 4 rings (SSSR count). The molecule has 37 heavy (non-hydrogen) atoms. The van der Waals surface area contributed by atoms with Gasteiger partial charge >= 0.3 is 27.2 Å². The van der Waals surface area contributed by atoms with E-state index in [1.165, 1.54) is 4.68 Å². The van der Waals surface area contributed by atoms with Gasteiger partial charge in [-0.3, -0.25) is 4.68 Å². The predicted molar refractivity (Wildman–Crippen MR) is 134 cm³/mol. The Morgan fingerprint density at radius 3 is 2.19 bits per heavy atom. The van der Waals surface area contributed by atoms with Gasteiger partial charge in [-0.15, -0.1) is 23.8 Å². The van der Waals surface area contributed by atoms with Gasteiger partial charge in [-0.2, -0.15) is 42.5 Å². The minimum atomic E-state index is -4.59. The number of alkyl halides is 3. The minimum Gasteiger partial charge on any atom is -0.354 e. The van der Waals surface area contributed by atoms with E-state index in [1.807, 2.05) is 26.0 Å². The molecule has 0 bridgehead atoms. The predicted octanol–water partition coefficient (Wildman–Crippen LogP) is 7.19. The van der Waals surface area contributed by atoms with Gasteiger partial charge in [0, 0.05) is 11.9 Å². The molecule has 0 saturated heterocycles. The van der Waals surface area contributed by atoms with Crippen LogP contribution in [0.25, 0.3) is 16.9 Å². The Labute approximate surface area is 230 Å². The van der Waals surface area contributed by atoms with Crippen LogP contribution in [-0.4, -0.2) is 19.7 Å². The summed E-state index contributed by atoms with van der Waals surface area (Å²) in [7, 11) is 0. The van der Waals surface area contributed by atoms with Crippen LogP contribution < -0.4 is 0 Å². The Balaban J connectivity index is 0.00000380. The van der Waals surface area contributed by atoms with Crippen LogP contribution in [-0.2, 0) is 38.1 Å². The van der Waals surface area contributed by atoms with Crippen LogP contribution in [0.1, 0.15) is 68.5 Å². The van der Waals surface area contributed by atoms with E-state index in [-0.39, 0.29) is 32.2 Å². The van der Waals surface area contributed by atoms with Crippen LogP contribution in [0, 0.1) is 26.0 Å². The molecule has 0 fully saturated rings. The third kappa shape index (κ3) is 5.87. The second-order valence-corrected chi connectivity index (χ2v) is 10.6. The minimum absolute atomic E-state index is 0. The van der Waals surface area contributed by atoms with E-state index in [2.05, 4.69) is 43.0 Å². The first kappa shape index (κ1) is 28.8. The van der Waals surface area contributed by atoms with E-state index < -0.39 is 17.2 Å². The molecule has 4 aromatic rings. The molecule has 0 N–H and O–H groups in total. The monoisotopic (exact) mass is 685 g/mol. The summed E-state index contributed by atoms with van der Waals surface area (Å²) in [6.45, 7) is 13.4. The Morgan fingerprint density at radius 2 is 1.62 bits per heavy atom. The molecular weight excluding hydrogens is 656 g/mol. The average Bonchev–Trinajstić information content (AvgIpc) is 3.26. The van der Waals surface area contributed by atoms with Crippen LogP contribution in [0.2, 0.25) is 0 Å². The number of halogens is 3. The van der Waals surface area contributed by atoms with E-state index >= 15 is 0 Å². The van der Waals surface area contributed by atoms with Crippen molar-refractivity contribution in [1.29, 1.82) is 0 Å². The molecule has 8 heteroatoms. The van der Waals surface area contributed by atoms with Crippen molar-refractivity contribution >= 4 is 0 Å². The average molecular weight is 686 g/mol. The van der Waals surface area contributed by atoms with Gasteiger partial charge in [0.1, 0.15) is 0 Å². The molecule has 0 aliphatic rings. The second-order valence-electron chi connectivity index (χ2n) is 10.6. The molecule has 0 saturated carbocycles. The van der Waals surface area contributed by atoms with Crippen molar-refractivity contribution in [2.45, 2.75) is 65.5 Å². The van der Waals surface area contributed by atoms with Crippen molar-refractivity contribution in [3.05, 3.63) is 94.7 Å². The maximum Gasteiger partial charge on any atom is 2.00 e. The first-order chi connectivity index (χ1) is 16.7. The van der Waals surface area contributed by atoms with Gasteiger partial charge in [-0.1, -0.05) is 40.7 Å². The molecule has 4 nitrogen and oxygen atoms in total. The van der Waals surface area contributed by atoms with Gasteiger partial charge < -0.3 is 9.97 Å². The third-order valence-electron chi connectivity index (χ3n) is 6.27. The Kier molecular flexibility index (Phi) is 7.91. The van der Waals surface area contributed by atoms with Crippen molar-refractivity contribution in [3.8, 4) is 16.9 Å². The van der Waals surface area contributed by atoms with Gasteiger partial charge in [0.05, 0.1) is 16.7 Å². The molecule has 0 radical (unpaired) electrons. The maximum absolute atomic E-state index is 14.2. The number of hydrogen-bond donors (Lipinski definition) is 0. The fourth-order valence-corrected chi connectivity index (χ4v) is 4.12. The number of pyridine rings is 2. The zero-order chi connectivity index (χ0) is 26.5. The van der Waals surface area contributed by atoms with Crippen LogP contribution in [0.5, 0.6) is 0 Å². The van der Waals surface area contributed by atoms with Gasteiger partial charge in [0.2, 0.25) is 0 Å². The summed E-state index contributed by atoms with van der Waals surface area (Å²) in [4.78, 5) is 9.40. The Bertz CT molecular complexity index is 1400. The van der Waals surface area contributed by atoms with E-state index in [4.69, 9.17) is 4.98 Å². The SMILES string of the molecule is Cc1c[c-]c(-c2cc(C(C)(C)C)cc(C(C)(C)c3nn(-c4[c-]cccc4)cc3C(F)(F)F)n2)c(C)n1.[Pt+2]. The molecule has 0 amide bonds. The van der Waals surface area contributed by atoms with Crippen LogP contribution in [0.4, 0.5) is 13.2 Å². The van der Waals surface area contributed by atoms with E-state index in [1.54, 1.807) is 44.2 Å². The number of aromatic nitrogens is 4. The van der Waals surface area contributed by atoms with Gasteiger partial charge in [-0.05, 0) is 53.7 Å². The second kappa shape index (κ2) is 10.2. The van der Waals surface area contributed by atoms with E-state index in [0.717, 1.165) is 28.7 Å². The number of hydrogen-bond acceptors (Lipinski definition) is 3. The maximum atomic E-state index is 14.2. The van der Waals surface area contributed by atoms with Crippen molar-refractivity contribution < 1.29 is 34.2 Å². The molecule has 3 aromatic heterocycles. The van der Waals surface area contributed by atoms with Crippen LogP contribution in [0.15, 0.2) is 48.7 Å². The van der Waals surface area contributed by atoms with E-state index in [9.17, 15) is 13.2 Å². The number of rotatable bonds is 4. The Morgan fingerprint density at radius 1 is 0.919 bits per heavy atom. The summed E-state index contributed by atoms with van der Waals surface area (Å²) >= 11 is 0. The largest absolute Gasteiger partial charge is 2.00 e. The molecule has 0 atom stereocenters. The summed E-state index contributed by atoms with van der Waals surface area (Å²) in [6, 6.07) is 18.6. The molecule has 0 unspecified atom stereocenters. The number of benzene rings is 1. The van der Waals surface area contributed by atoms with Crippen LogP contribution >= 0.6 is 0 Å². The standard InChI is InChI=1S/C29H29F3N4.Pt/c1-18-13-14-22(19(2)33-18)24-15-20(27(3,4)5)16-25(34-24)28(6,7)26-23(29(30,31)32)17-36(35-26)21-11-9-8-10-12-21;/h8-11,13,15-17H,1-7H3;/q-2;+2. The number of nitrogens with zero attached hydrogens (tertiary/aromatic N) is 4. The van der Waals surface area contributed by atoms with Gasteiger partial charge in [0.15, 0.2) is 0 Å². The molecular formula is C29H29F3N4Pt. The summed E-state index contributed by atoms with van der Waals surface area (Å²) in [5.41, 5.74) is 2.50.